The van der Waals surface area contributed by atoms with Gasteiger partial charge in [-0.05, 0) is 70.0 Å². The van der Waals surface area contributed by atoms with Crippen LogP contribution in [0, 0.1) is 25.7 Å². The standard InChI is InChI=1S/C21H29N3O/c1-13-4-5-14(2)20(6-13)21-17(11-22-23-21)12-24(3)18-7-15-9-19(25)10-16(15)8-18/h4-6,11,15-16,18-19,25H,7-10,12H2,1-3H3,(H,22,23)/t15-,16+,18?,19?. The van der Waals surface area contributed by atoms with Crippen LogP contribution in [0.25, 0.3) is 11.3 Å². The molecule has 0 spiro atoms. The average Bonchev–Trinajstić information content (AvgIpc) is 3.24. The van der Waals surface area contributed by atoms with Crippen LogP contribution in [0.3, 0.4) is 0 Å². The van der Waals surface area contributed by atoms with Crippen LogP contribution in [-0.4, -0.2) is 39.4 Å². The molecule has 2 aliphatic carbocycles. The molecular weight excluding hydrogens is 310 g/mol. The molecule has 2 fully saturated rings. The van der Waals surface area contributed by atoms with Gasteiger partial charge in [0.25, 0.3) is 0 Å². The lowest BCUT2D eigenvalue weighted by molar-refractivity contribution is 0.158. The highest BCUT2D eigenvalue weighted by atomic mass is 16.3. The minimum atomic E-state index is -0.0500. The molecule has 0 saturated heterocycles. The highest BCUT2D eigenvalue weighted by molar-refractivity contribution is 5.67. The summed E-state index contributed by atoms with van der Waals surface area (Å²) in [4.78, 5) is 2.49. The molecule has 4 atom stereocenters. The second-order valence-electron chi connectivity index (χ2n) is 8.27. The van der Waals surface area contributed by atoms with Gasteiger partial charge in [-0.3, -0.25) is 10.00 Å². The van der Waals surface area contributed by atoms with E-state index in [1.807, 2.05) is 6.20 Å². The Labute approximate surface area is 150 Å². The van der Waals surface area contributed by atoms with Crippen molar-refractivity contribution in [2.75, 3.05) is 7.05 Å². The van der Waals surface area contributed by atoms with Gasteiger partial charge in [-0.2, -0.15) is 5.10 Å². The number of rotatable bonds is 4. The summed E-state index contributed by atoms with van der Waals surface area (Å²) < 4.78 is 0. The van der Waals surface area contributed by atoms with Gasteiger partial charge in [-0.15, -0.1) is 0 Å². The van der Waals surface area contributed by atoms with Gasteiger partial charge in [0.1, 0.15) is 0 Å². The van der Waals surface area contributed by atoms with Crippen molar-refractivity contribution in [1.29, 1.82) is 0 Å². The maximum atomic E-state index is 9.85. The molecule has 2 aliphatic rings. The molecule has 1 aromatic heterocycles. The zero-order valence-corrected chi connectivity index (χ0v) is 15.5. The normalized spacial score (nSPS) is 28.7. The van der Waals surface area contributed by atoms with Crippen molar-refractivity contribution < 1.29 is 5.11 Å². The maximum absolute atomic E-state index is 9.85. The second kappa shape index (κ2) is 6.58. The lowest BCUT2D eigenvalue weighted by Gasteiger charge is -2.25. The summed E-state index contributed by atoms with van der Waals surface area (Å²) in [5.41, 5.74) is 6.24. The van der Waals surface area contributed by atoms with E-state index in [9.17, 15) is 5.11 Å². The van der Waals surface area contributed by atoms with E-state index < -0.39 is 0 Å². The molecule has 2 saturated carbocycles. The molecule has 0 aliphatic heterocycles. The number of nitrogens with zero attached hydrogens (tertiary/aromatic N) is 2. The Bertz CT molecular complexity index is 739. The topological polar surface area (TPSA) is 52.2 Å². The van der Waals surface area contributed by atoms with Crippen LogP contribution >= 0.6 is 0 Å². The van der Waals surface area contributed by atoms with Crippen molar-refractivity contribution in [3.63, 3.8) is 0 Å². The van der Waals surface area contributed by atoms with Crippen LogP contribution in [0.5, 0.6) is 0 Å². The third-order valence-electron chi connectivity index (χ3n) is 6.39. The first kappa shape index (κ1) is 16.8. The molecular formula is C21H29N3O. The van der Waals surface area contributed by atoms with Crippen LogP contribution in [-0.2, 0) is 6.54 Å². The number of aliphatic hydroxyl groups is 1. The molecule has 2 unspecified atom stereocenters. The van der Waals surface area contributed by atoms with Crippen molar-refractivity contribution in [3.8, 4) is 11.3 Å². The van der Waals surface area contributed by atoms with E-state index in [0.29, 0.717) is 6.04 Å². The number of aromatic amines is 1. The molecule has 1 heterocycles. The Kier molecular flexibility index (Phi) is 4.42. The monoisotopic (exact) mass is 339 g/mol. The van der Waals surface area contributed by atoms with Gasteiger partial charge in [0.15, 0.2) is 0 Å². The number of aliphatic hydroxyl groups excluding tert-OH is 1. The predicted molar refractivity (Wildman–Crippen MR) is 100 cm³/mol. The first-order chi connectivity index (χ1) is 12.0. The quantitative estimate of drug-likeness (QED) is 0.893. The SMILES string of the molecule is Cc1ccc(C)c(-c2[nH]ncc2CN(C)C2C[C@H]3CC(O)C[C@H]3C2)c1. The fourth-order valence-electron chi connectivity index (χ4n) is 4.98. The number of H-pyrrole nitrogens is 1. The minimum Gasteiger partial charge on any atom is -0.393 e. The molecule has 0 amide bonds. The zero-order chi connectivity index (χ0) is 17.6. The lowest BCUT2D eigenvalue weighted by Crippen LogP contribution is -2.30. The average molecular weight is 339 g/mol. The number of fused-ring (bicyclic) bond motifs is 1. The van der Waals surface area contributed by atoms with Gasteiger partial charge >= 0.3 is 0 Å². The predicted octanol–water partition coefficient (Wildman–Crippen LogP) is 3.67. The summed E-state index contributed by atoms with van der Waals surface area (Å²) in [6, 6.07) is 7.21. The molecule has 4 rings (SSSR count). The fraction of sp³-hybridized carbons (Fsp3) is 0.571. The van der Waals surface area contributed by atoms with Gasteiger partial charge in [0.2, 0.25) is 0 Å². The summed E-state index contributed by atoms with van der Waals surface area (Å²) in [5.74, 6) is 1.45. The first-order valence-electron chi connectivity index (χ1n) is 9.49. The Morgan fingerprint density at radius 2 is 1.88 bits per heavy atom. The highest BCUT2D eigenvalue weighted by Gasteiger charge is 2.42. The third kappa shape index (κ3) is 3.25. The van der Waals surface area contributed by atoms with Gasteiger partial charge < -0.3 is 5.11 Å². The van der Waals surface area contributed by atoms with E-state index in [4.69, 9.17) is 0 Å². The number of nitrogens with one attached hydrogen (secondary N) is 1. The molecule has 0 radical (unpaired) electrons. The van der Waals surface area contributed by atoms with Gasteiger partial charge in [-0.1, -0.05) is 17.7 Å². The van der Waals surface area contributed by atoms with Crippen LogP contribution in [0.2, 0.25) is 0 Å². The van der Waals surface area contributed by atoms with Gasteiger partial charge in [0.05, 0.1) is 18.0 Å². The van der Waals surface area contributed by atoms with E-state index in [1.54, 1.807) is 0 Å². The largest absolute Gasteiger partial charge is 0.393 e. The van der Waals surface area contributed by atoms with E-state index in [1.165, 1.54) is 35.1 Å². The second-order valence-corrected chi connectivity index (χ2v) is 8.27. The Morgan fingerprint density at radius 3 is 2.60 bits per heavy atom. The van der Waals surface area contributed by atoms with E-state index in [0.717, 1.165) is 36.9 Å². The van der Waals surface area contributed by atoms with Crippen LogP contribution in [0.15, 0.2) is 24.4 Å². The lowest BCUT2D eigenvalue weighted by atomic mass is 10.00. The fourth-order valence-corrected chi connectivity index (χ4v) is 4.98. The molecule has 2 aromatic rings. The molecule has 134 valence electrons. The molecule has 0 bridgehead atoms. The first-order valence-corrected chi connectivity index (χ1v) is 9.49. The number of benzene rings is 1. The highest BCUT2D eigenvalue weighted by Crippen LogP contribution is 2.45. The Hall–Kier alpha value is -1.65. The smallest absolute Gasteiger partial charge is 0.0698 e. The van der Waals surface area contributed by atoms with E-state index in [-0.39, 0.29) is 6.10 Å². The van der Waals surface area contributed by atoms with Crippen LogP contribution < -0.4 is 0 Å². The number of hydrogen-bond acceptors (Lipinski definition) is 3. The van der Waals surface area contributed by atoms with E-state index in [2.05, 4.69) is 54.2 Å². The summed E-state index contributed by atoms with van der Waals surface area (Å²) in [6.45, 7) is 5.22. The van der Waals surface area contributed by atoms with Crippen molar-refractivity contribution in [2.24, 2.45) is 11.8 Å². The van der Waals surface area contributed by atoms with E-state index >= 15 is 0 Å². The minimum absolute atomic E-state index is 0.0500. The van der Waals surface area contributed by atoms with Gasteiger partial charge in [0, 0.05) is 23.7 Å². The van der Waals surface area contributed by atoms with Crippen molar-refractivity contribution in [2.45, 2.75) is 58.2 Å². The van der Waals surface area contributed by atoms with Crippen LogP contribution in [0.1, 0.15) is 42.4 Å². The van der Waals surface area contributed by atoms with Crippen molar-refractivity contribution in [3.05, 3.63) is 41.1 Å². The summed E-state index contributed by atoms with van der Waals surface area (Å²) >= 11 is 0. The molecule has 1 aromatic carbocycles. The van der Waals surface area contributed by atoms with Crippen molar-refractivity contribution in [1.82, 2.24) is 15.1 Å². The molecule has 4 heteroatoms. The number of hydrogen-bond donors (Lipinski definition) is 2. The maximum Gasteiger partial charge on any atom is 0.0698 e. The number of aromatic nitrogens is 2. The Balaban J connectivity index is 1.49. The van der Waals surface area contributed by atoms with Crippen molar-refractivity contribution >= 4 is 0 Å². The molecule has 25 heavy (non-hydrogen) atoms. The number of aryl methyl sites for hydroxylation is 2. The summed E-state index contributed by atoms with van der Waals surface area (Å²) in [7, 11) is 2.24. The zero-order valence-electron chi connectivity index (χ0n) is 15.5. The van der Waals surface area contributed by atoms with Gasteiger partial charge in [-0.25, -0.2) is 0 Å². The molecule has 4 nitrogen and oxygen atoms in total. The summed E-state index contributed by atoms with van der Waals surface area (Å²) in [5, 5.41) is 17.4. The molecule has 2 N–H and O–H groups in total. The third-order valence-corrected chi connectivity index (χ3v) is 6.39. The summed E-state index contributed by atoms with van der Waals surface area (Å²) in [6.07, 6.45) is 6.41. The Morgan fingerprint density at radius 1 is 1.16 bits per heavy atom. The van der Waals surface area contributed by atoms with Crippen LogP contribution in [0.4, 0.5) is 0 Å².